The van der Waals surface area contributed by atoms with Gasteiger partial charge < -0.3 is 11.1 Å². The molecule has 3 N–H and O–H groups in total. The van der Waals surface area contributed by atoms with Gasteiger partial charge in [0.2, 0.25) is 0 Å². The van der Waals surface area contributed by atoms with E-state index in [1.807, 2.05) is 0 Å². The van der Waals surface area contributed by atoms with E-state index in [1.165, 1.54) is 12.8 Å². The fourth-order valence-corrected chi connectivity index (χ4v) is 4.07. The second-order valence-electron chi connectivity index (χ2n) is 6.40. The van der Waals surface area contributed by atoms with Crippen LogP contribution >= 0.6 is 0 Å². The lowest BCUT2D eigenvalue weighted by molar-refractivity contribution is 0.382. The van der Waals surface area contributed by atoms with Crippen LogP contribution in [-0.4, -0.2) is 18.1 Å². The number of nitrogens with two attached hydrogens (primary N) is 1. The molecule has 0 aromatic rings. The maximum absolute atomic E-state index is 6.16. The molecule has 0 aromatic carbocycles. The van der Waals surface area contributed by atoms with E-state index in [4.69, 9.17) is 5.73 Å². The summed E-state index contributed by atoms with van der Waals surface area (Å²) in [5, 5.41) is 3.73. The average molecular weight is 208 g/mol. The van der Waals surface area contributed by atoms with Crippen LogP contribution in [0.5, 0.6) is 0 Å². The molecule has 0 spiro atoms. The van der Waals surface area contributed by atoms with E-state index in [2.05, 4.69) is 19.2 Å². The van der Waals surface area contributed by atoms with Gasteiger partial charge in [-0.15, -0.1) is 0 Å². The van der Waals surface area contributed by atoms with Crippen LogP contribution in [0.4, 0.5) is 0 Å². The van der Waals surface area contributed by atoms with E-state index >= 15 is 0 Å². The topological polar surface area (TPSA) is 38.0 Å². The van der Waals surface area contributed by atoms with E-state index in [1.54, 1.807) is 6.42 Å². The normalized spacial score (nSPS) is 50.2. The molecule has 3 rings (SSSR count). The molecule has 2 heteroatoms. The molecule has 5 unspecified atom stereocenters. The van der Waals surface area contributed by atoms with Crippen molar-refractivity contribution in [3.8, 4) is 0 Å². The first kappa shape index (κ1) is 10.1. The van der Waals surface area contributed by atoms with E-state index in [0.717, 1.165) is 42.7 Å². The molecule has 3 aliphatic rings. The molecule has 0 heterocycles. The van der Waals surface area contributed by atoms with Crippen molar-refractivity contribution >= 4 is 0 Å². The maximum Gasteiger partial charge on any atom is 0.0249 e. The Morgan fingerprint density at radius 1 is 1.27 bits per heavy atom. The predicted octanol–water partition coefficient (Wildman–Crippen LogP) is 1.75. The lowest BCUT2D eigenvalue weighted by Gasteiger charge is -2.24. The van der Waals surface area contributed by atoms with Crippen molar-refractivity contribution in [1.82, 2.24) is 5.32 Å². The van der Waals surface area contributed by atoms with Crippen molar-refractivity contribution in [2.75, 3.05) is 6.54 Å². The third-order valence-corrected chi connectivity index (χ3v) is 5.28. The summed E-state index contributed by atoms with van der Waals surface area (Å²) < 4.78 is 0. The van der Waals surface area contributed by atoms with Crippen LogP contribution in [0.25, 0.3) is 0 Å². The molecule has 86 valence electrons. The first-order valence-electron chi connectivity index (χ1n) is 6.64. The second kappa shape index (κ2) is 3.21. The Labute approximate surface area is 93.0 Å². The number of hydrogen-bond acceptors (Lipinski definition) is 2. The van der Waals surface area contributed by atoms with Gasteiger partial charge in [-0.05, 0) is 56.3 Å². The van der Waals surface area contributed by atoms with Crippen molar-refractivity contribution in [2.45, 2.75) is 51.1 Å². The highest BCUT2D eigenvalue weighted by Gasteiger charge is 2.64. The second-order valence-corrected chi connectivity index (χ2v) is 6.40. The Kier molecular flexibility index (Phi) is 2.16. The van der Waals surface area contributed by atoms with Crippen molar-refractivity contribution in [2.24, 2.45) is 29.4 Å². The minimum Gasteiger partial charge on any atom is -0.324 e. The lowest BCUT2D eigenvalue weighted by Crippen LogP contribution is -2.46. The highest BCUT2D eigenvalue weighted by Crippen LogP contribution is 2.65. The minimum atomic E-state index is -0.00403. The Morgan fingerprint density at radius 3 is 2.40 bits per heavy atom. The van der Waals surface area contributed by atoms with Gasteiger partial charge in [0.15, 0.2) is 0 Å². The quantitative estimate of drug-likeness (QED) is 0.738. The molecule has 0 radical (unpaired) electrons. The molecule has 0 aromatic heterocycles. The number of rotatable bonds is 4. The van der Waals surface area contributed by atoms with E-state index in [-0.39, 0.29) is 5.54 Å². The Bertz CT molecular complexity index is 245. The number of hydrogen-bond donors (Lipinski definition) is 2. The Morgan fingerprint density at radius 2 is 1.87 bits per heavy atom. The first-order valence-corrected chi connectivity index (χ1v) is 6.64. The SMILES string of the molecule is CCC(C)(N)CNC1C2C3CCC(C3)C12. The number of nitrogens with one attached hydrogen (secondary N) is 1. The van der Waals surface area contributed by atoms with Gasteiger partial charge in [-0.3, -0.25) is 0 Å². The van der Waals surface area contributed by atoms with Gasteiger partial charge >= 0.3 is 0 Å². The largest absolute Gasteiger partial charge is 0.324 e. The van der Waals surface area contributed by atoms with E-state index in [9.17, 15) is 0 Å². The molecule has 0 saturated heterocycles. The van der Waals surface area contributed by atoms with Crippen molar-refractivity contribution in [1.29, 1.82) is 0 Å². The molecule has 0 aliphatic heterocycles. The monoisotopic (exact) mass is 208 g/mol. The summed E-state index contributed by atoms with van der Waals surface area (Å²) in [5.74, 6) is 4.22. The molecule has 2 bridgehead atoms. The molecule has 3 saturated carbocycles. The van der Waals surface area contributed by atoms with Gasteiger partial charge in [0.1, 0.15) is 0 Å². The van der Waals surface area contributed by atoms with E-state index < -0.39 is 0 Å². The molecule has 0 amide bonds. The van der Waals surface area contributed by atoms with Gasteiger partial charge in [0, 0.05) is 18.1 Å². The zero-order valence-electron chi connectivity index (χ0n) is 10.00. The smallest absolute Gasteiger partial charge is 0.0249 e. The van der Waals surface area contributed by atoms with E-state index in [0.29, 0.717) is 0 Å². The number of fused-ring (bicyclic) bond motifs is 5. The molecule has 3 fully saturated rings. The third kappa shape index (κ3) is 1.53. The summed E-state index contributed by atoms with van der Waals surface area (Å²) in [5.41, 5.74) is 6.16. The third-order valence-electron chi connectivity index (χ3n) is 5.28. The summed E-state index contributed by atoms with van der Waals surface area (Å²) in [7, 11) is 0. The molecule has 5 atom stereocenters. The van der Waals surface area contributed by atoms with Crippen LogP contribution in [0.2, 0.25) is 0 Å². The summed E-state index contributed by atoms with van der Waals surface area (Å²) in [6.07, 6.45) is 5.63. The van der Waals surface area contributed by atoms with Crippen LogP contribution in [0.3, 0.4) is 0 Å². The van der Waals surface area contributed by atoms with Crippen LogP contribution in [0.15, 0.2) is 0 Å². The highest BCUT2D eigenvalue weighted by atomic mass is 15.0. The predicted molar refractivity (Wildman–Crippen MR) is 62.5 cm³/mol. The van der Waals surface area contributed by atoms with Crippen LogP contribution < -0.4 is 11.1 Å². The Hall–Kier alpha value is -0.0800. The van der Waals surface area contributed by atoms with Crippen molar-refractivity contribution < 1.29 is 0 Å². The summed E-state index contributed by atoms with van der Waals surface area (Å²) >= 11 is 0. The van der Waals surface area contributed by atoms with Crippen molar-refractivity contribution in [3.63, 3.8) is 0 Å². The Balaban J connectivity index is 1.52. The van der Waals surface area contributed by atoms with Crippen LogP contribution in [-0.2, 0) is 0 Å². The minimum absolute atomic E-state index is 0.00403. The fraction of sp³-hybridized carbons (Fsp3) is 1.00. The van der Waals surface area contributed by atoms with Crippen LogP contribution in [0, 0.1) is 23.7 Å². The van der Waals surface area contributed by atoms with Crippen molar-refractivity contribution in [3.05, 3.63) is 0 Å². The first-order chi connectivity index (χ1) is 7.12. The fourth-order valence-electron chi connectivity index (χ4n) is 4.07. The highest BCUT2D eigenvalue weighted by molar-refractivity contribution is 5.17. The molecular weight excluding hydrogens is 184 g/mol. The summed E-state index contributed by atoms with van der Waals surface area (Å²) in [6, 6.07) is 0.839. The van der Waals surface area contributed by atoms with Gasteiger partial charge in [-0.2, -0.15) is 0 Å². The zero-order chi connectivity index (χ0) is 10.6. The molecule has 2 nitrogen and oxygen atoms in total. The average Bonchev–Trinajstić information content (AvgIpc) is 2.62. The summed E-state index contributed by atoms with van der Waals surface area (Å²) in [6.45, 7) is 5.34. The molecule has 3 aliphatic carbocycles. The van der Waals surface area contributed by atoms with Gasteiger partial charge in [-0.1, -0.05) is 6.92 Å². The maximum atomic E-state index is 6.16. The standard InChI is InChI=1S/C13H24N2/c1-3-13(2,14)7-15-12-10-8-4-5-9(6-8)11(10)12/h8-12,15H,3-7,14H2,1-2H3. The molecule has 15 heavy (non-hydrogen) atoms. The lowest BCUT2D eigenvalue weighted by atomic mass is 10.00. The van der Waals surface area contributed by atoms with Gasteiger partial charge in [0.05, 0.1) is 0 Å². The van der Waals surface area contributed by atoms with Gasteiger partial charge in [0.25, 0.3) is 0 Å². The van der Waals surface area contributed by atoms with Crippen LogP contribution in [0.1, 0.15) is 39.5 Å². The zero-order valence-corrected chi connectivity index (χ0v) is 10.00. The summed E-state index contributed by atoms with van der Waals surface area (Å²) in [4.78, 5) is 0. The van der Waals surface area contributed by atoms with Gasteiger partial charge in [-0.25, -0.2) is 0 Å². The molecular formula is C13H24N2.